The predicted molar refractivity (Wildman–Crippen MR) is 91.0 cm³/mol. The van der Waals surface area contributed by atoms with Crippen molar-refractivity contribution in [3.8, 4) is 17.1 Å². The Labute approximate surface area is 138 Å². The fourth-order valence-corrected chi connectivity index (χ4v) is 3.53. The molecule has 1 unspecified atom stereocenters. The molecule has 0 radical (unpaired) electrons. The highest BCUT2D eigenvalue weighted by Crippen LogP contribution is 2.40. The lowest BCUT2D eigenvalue weighted by Crippen LogP contribution is -2.13. The molecule has 1 aliphatic rings. The van der Waals surface area contributed by atoms with Crippen LogP contribution in [0.25, 0.3) is 11.4 Å². The van der Waals surface area contributed by atoms with E-state index in [1.54, 1.807) is 11.8 Å². The van der Waals surface area contributed by atoms with E-state index in [1.807, 2.05) is 54.1 Å². The molecule has 0 aliphatic carbocycles. The first-order chi connectivity index (χ1) is 11.3. The van der Waals surface area contributed by atoms with E-state index in [-0.39, 0.29) is 5.37 Å². The molecule has 2 heterocycles. The van der Waals surface area contributed by atoms with E-state index >= 15 is 0 Å². The van der Waals surface area contributed by atoms with Crippen LogP contribution in [0, 0.1) is 0 Å². The Balaban J connectivity index is 1.57. The van der Waals surface area contributed by atoms with E-state index in [4.69, 9.17) is 4.74 Å². The van der Waals surface area contributed by atoms with Crippen LogP contribution in [0.4, 0.5) is 0 Å². The maximum atomic E-state index is 5.49. The third-order valence-electron chi connectivity index (χ3n) is 3.63. The van der Waals surface area contributed by atoms with E-state index < -0.39 is 0 Å². The van der Waals surface area contributed by atoms with Crippen molar-refractivity contribution >= 4 is 11.8 Å². The Morgan fingerprint density at radius 3 is 2.61 bits per heavy atom. The van der Waals surface area contributed by atoms with Gasteiger partial charge in [0.15, 0.2) is 5.82 Å². The zero-order chi connectivity index (χ0) is 15.6. The first kappa shape index (κ1) is 14.1. The van der Waals surface area contributed by atoms with Gasteiger partial charge in [-0.2, -0.15) is 0 Å². The highest BCUT2D eigenvalue weighted by Gasteiger charge is 2.27. The molecular weight excluding hydrogens is 308 g/mol. The lowest BCUT2D eigenvalue weighted by molar-refractivity contribution is 0.340. The van der Waals surface area contributed by atoms with Crippen LogP contribution < -0.4 is 10.2 Å². The van der Waals surface area contributed by atoms with Gasteiger partial charge in [0.2, 0.25) is 5.16 Å². The molecule has 0 amide bonds. The molecule has 0 saturated heterocycles. The Bertz CT molecular complexity index is 801. The average molecular weight is 324 g/mol. The Morgan fingerprint density at radius 1 is 1.09 bits per heavy atom. The van der Waals surface area contributed by atoms with E-state index in [0.717, 1.165) is 22.3 Å². The zero-order valence-corrected chi connectivity index (χ0v) is 13.5. The van der Waals surface area contributed by atoms with Crippen molar-refractivity contribution in [1.29, 1.82) is 0 Å². The number of rotatable bonds is 4. The molecule has 1 aromatic heterocycles. The fourth-order valence-electron chi connectivity index (χ4n) is 2.53. The van der Waals surface area contributed by atoms with Gasteiger partial charge in [0.25, 0.3) is 0 Å². The van der Waals surface area contributed by atoms with Crippen LogP contribution in [0.3, 0.4) is 0 Å². The molecule has 0 saturated carbocycles. The molecule has 1 atom stereocenters. The maximum Gasteiger partial charge on any atom is 0.212 e. The van der Waals surface area contributed by atoms with Crippen LogP contribution in [0.5, 0.6) is 5.75 Å². The summed E-state index contributed by atoms with van der Waals surface area (Å²) in [6, 6.07) is 18.2. The number of nitrogens with zero attached hydrogens (tertiary/aromatic N) is 3. The van der Waals surface area contributed by atoms with Crippen molar-refractivity contribution in [2.75, 3.05) is 12.0 Å². The van der Waals surface area contributed by atoms with Gasteiger partial charge in [0.1, 0.15) is 11.1 Å². The van der Waals surface area contributed by atoms with E-state index in [2.05, 4.69) is 27.8 Å². The third-order valence-corrected chi connectivity index (χ3v) is 4.72. The second kappa shape index (κ2) is 5.96. The molecule has 3 aromatic rings. The highest BCUT2D eigenvalue weighted by molar-refractivity contribution is 7.99. The molecule has 23 heavy (non-hydrogen) atoms. The molecule has 5 nitrogen and oxygen atoms in total. The van der Waals surface area contributed by atoms with Crippen molar-refractivity contribution < 1.29 is 4.74 Å². The molecule has 2 aromatic carbocycles. The van der Waals surface area contributed by atoms with Gasteiger partial charge in [0.05, 0.1) is 6.61 Å². The molecule has 1 aliphatic heterocycles. The minimum absolute atomic E-state index is 0.124. The van der Waals surface area contributed by atoms with Crippen LogP contribution in [0.1, 0.15) is 17.9 Å². The Hall–Kier alpha value is -2.47. The molecule has 1 N–H and O–H groups in total. The smallest absolute Gasteiger partial charge is 0.212 e. The summed E-state index contributed by atoms with van der Waals surface area (Å²) in [7, 11) is 0. The first-order valence-corrected chi connectivity index (χ1v) is 8.40. The largest absolute Gasteiger partial charge is 0.494 e. The monoisotopic (exact) mass is 324 g/mol. The quantitative estimate of drug-likeness (QED) is 0.793. The van der Waals surface area contributed by atoms with Crippen molar-refractivity contribution in [2.45, 2.75) is 17.5 Å². The van der Waals surface area contributed by atoms with Crippen LogP contribution in [0.2, 0.25) is 0 Å². The molecular formula is C17H16N4OS. The van der Waals surface area contributed by atoms with Gasteiger partial charge in [-0.15, -0.1) is 10.2 Å². The van der Waals surface area contributed by atoms with Crippen LogP contribution in [0.15, 0.2) is 59.8 Å². The molecule has 6 heteroatoms. The highest BCUT2D eigenvalue weighted by atomic mass is 32.2. The SMILES string of the molecule is CCOc1ccc(C2Nn3c(nnc3-c3ccccc3)S2)cc1. The summed E-state index contributed by atoms with van der Waals surface area (Å²) in [6.45, 7) is 2.66. The minimum Gasteiger partial charge on any atom is -0.494 e. The molecule has 0 bridgehead atoms. The summed E-state index contributed by atoms with van der Waals surface area (Å²) in [5.41, 5.74) is 5.69. The van der Waals surface area contributed by atoms with Crippen molar-refractivity contribution in [3.05, 3.63) is 60.2 Å². The molecule has 116 valence electrons. The van der Waals surface area contributed by atoms with Crippen molar-refractivity contribution in [3.63, 3.8) is 0 Å². The van der Waals surface area contributed by atoms with Crippen molar-refractivity contribution in [2.24, 2.45) is 0 Å². The van der Waals surface area contributed by atoms with Crippen LogP contribution in [-0.2, 0) is 0 Å². The first-order valence-electron chi connectivity index (χ1n) is 7.52. The standard InChI is InChI=1S/C17H16N4OS/c1-2-22-14-10-8-13(9-11-14)16-20-21-15(18-19-17(21)23-16)12-6-4-3-5-7-12/h3-11,16,20H,2H2,1H3. The van der Waals surface area contributed by atoms with Gasteiger partial charge in [-0.1, -0.05) is 54.2 Å². The summed E-state index contributed by atoms with van der Waals surface area (Å²) in [4.78, 5) is 0. The summed E-state index contributed by atoms with van der Waals surface area (Å²) in [5, 5.41) is 9.57. The lowest BCUT2D eigenvalue weighted by atomic mass is 10.2. The summed E-state index contributed by atoms with van der Waals surface area (Å²) >= 11 is 1.66. The summed E-state index contributed by atoms with van der Waals surface area (Å²) < 4.78 is 7.45. The number of hydrogen-bond acceptors (Lipinski definition) is 5. The fraction of sp³-hybridized carbons (Fsp3) is 0.176. The zero-order valence-electron chi connectivity index (χ0n) is 12.6. The number of aromatic nitrogens is 3. The van der Waals surface area contributed by atoms with Gasteiger partial charge < -0.3 is 10.2 Å². The number of thioether (sulfide) groups is 1. The summed E-state index contributed by atoms with van der Waals surface area (Å²) in [6.07, 6.45) is 0. The Kier molecular flexibility index (Phi) is 3.67. The van der Waals surface area contributed by atoms with Crippen LogP contribution >= 0.6 is 11.8 Å². The van der Waals surface area contributed by atoms with Crippen molar-refractivity contribution in [1.82, 2.24) is 14.9 Å². The summed E-state index contributed by atoms with van der Waals surface area (Å²) in [5.74, 6) is 1.73. The molecule has 0 fully saturated rings. The maximum absolute atomic E-state index is 5.49. The van der Waals surface area contributed by atoms with E-state index in [1.165, 1.54) is 5.56 Å². The number of hydrogen-bond donors (Lipinski definition) is 1. The number of benzene rings is 2. The minimum atomic E-state index is 0.124. The topological polar surface area (TPSA) is 52.0 Å². The van der Waals surface area contributed by atoms with Gasteiger partial charge in [-0.05, 0) is 24.6 Å². The van der Waals surface area contributed by atoms with Crippen LogP contribution in [-0.4, -0.2) is 21.5 Å². The normalized spacial score (nSPS) is 16.0. The average Bonchev–Trinajstić information content (AvgIpc) is 3.17. The lowest BCUT2D eigenvalue weighted by Gasteiger charge is -2.13. The van der Waals surface area contributed by atoms with Gasteiger partial charge >= 0.3 is 0 Å². The number of nitrogens with one attached hydrogen (secondary N) is 1. The van der Waals surface area contributed by atoms with Gasteiger partial charge in [0, 0.05) is 5.56 Å². The second-order valence-electron chi connectivity index (χ2n) is 5.14. The van der Waals surface area contributed by atoms with Gasteiger partial charge in [-0.3, -0.25) is 0 Å². The second-order valence-corrected chi connectivity index (χ2v) is 6.21. The number of ether oxygens (including phenoxy) is 1. The molecule has 4 rings (SSSR count). The molecule has 0 spiro atoms. The Morgan fingerprint density at radius 2 is 1.87 bits per heavy atom. The predicted octanol–water partition coefficient (Wildman–Crippen LogP) is 3.69. The third kappa shape index (κ3) is 2.66. The van der Waals surface area contributed by atoms with Gasteiger partial charge in [-0.25, -0.2) is 4.68 Å². The number of fused-ring (bicyclic) bond motifs is 1. The van der Waals surface area contributed by atoms with E-state index in [0.29, 0.717) is 6.61 Å². The van der Waals surface area contributed by atoms with E-state index in [9.17, 15) is 0 Å².